The molecule has 1 heterocycles. The van der Waals surface area contributed by atoms with E-state index in [0.29, 0.717) is 13.1 Å². The van der Waals surface area contributed by atoms with Gasteiger partial charge in [0, 0.05) is 32.7 Å². The number of ether oxygens (including phenoxy) is 1. The molecule has 0 amide bonds. The first kappa shape index (κ1) is 27.8. The molecule has 0 bridgehead atoms. The number of halogens is 1. The number of hydrogen-bond donors (Lipinski definition) is 3. The van der Waals surface area contributed by atoms with Crippen molar-refractivity contribution in [3.05, 3.63) is 0 Å². The molecule has 8 heteroatoms. The van der Waals surface area contributed by atoms with E-state index in [1.165, 1.54) is 25.9 Å². The molecule has 0 aromatic rings. The standard InChI is InChI=1S/C20H43N5O2.HI/c1-5-10-24(11-6-2)12-8-9-22-19(21-7-3)23-17-20(4,26)18-25-13-15-27-16-14-25;/h26H,5-18H2,1-4H3,(H2,21,22,23);1H. The second kappa shape index (κ2) is 16.6. The predicted molar refractivity (Wildman–Crippen MR) is 129 cm³/mol. The lowest BCUT2D eigenvalue weighted by molar-refractivity contribution is -0.0179. The van der Waals surface area contributed by atoms with Crippen molar-refractivity contribution in [2.45, 2.75) is 52.6 Å². The van der Waals surface area contributed by atoms with Gasteiger partial charge in [-0.1, -0.05) is 13.8 Å². The number of aliphatic imine (C=N–C) groups is 1. The van der Waals surface area contributed by atoms with Crippen LogP contribution in [0.2, 0.25) is 0 Å². The Morgan fingerprint density at radius 2 is 1.75 bits per heavy atom. The second-order valence-electron chi connectivity index (χ2n) is 7.70. The zero-order valence-corrected chi connectivity index (χ0v) is 20.8. The van der Waals surface area contributed by atoms with Gasteiger partial charge in [-0.25, -0.2) is 0 Å². The third kappa shape index (κ3) is 13.1. The van der Waals surface area contributed by atoms with Gasteiger partial charge < -0.3 is 25.4 Å². The number of rotatable bonds is 13. The Labute approximate surface area is 189 Å². The molecule has 1 fully saturated rings. The van der Waals surface area contributed by atoms with Crippen LogP contribution in [0.3, 0.4) is 0 Å². The third-order valence-electron chi connectivity index (χ3n) is 4.61. The number of nitrogens with zero attached hydrogens (tertiary/aromatic N) is 3. The Morgan fingerprint density at radius 3 is 2.32 bits per heavy atom. The Kier molecular flexibility index (Phi) is 16.5. The Balaban J connectivity index is 0.00000729. The summed E-state index contributed by atoms with van der Waals surface area (Å²) in [5.74, 6) is 0.789. The fraction of sp³-hybridized carbons (Fsp3) is 0.950. The smallest absolute Gasteiger partial charge is 0.191 e. The molecule has 1 rings (SSSR count). The zero-order valence-electron chi connectivity index (χ0n) is 18.5. The van der Waals surface area contributed by atoms with Crippen LogP contribution in [0.25, 0.3) is 0 Å². The maximum atomic E-state index is 10.7. The number of nitrogens with one attached hydrogen (secondary N) is 2. The number of β-amino-alcohol motifs (C(OH)–C–C–N with tert-alkyl or cyclic N) is 1. The molecule has 0 radical (unpaired) electrons. The fourth-order valence-electron chi connectivity index (χ4n) is 3.36. The number of aliphatic hydroxyl groups is 1. The third-order valence-corrected chi connectivity index (χ3v) is 4.61. The lowest BCUT2D eigenvalue weighted by Crippen LogP contribution is -2.48. The van der Waals surface area contributed by atoms with E-state index >= 15 is 0 Å². The quantitative estimate of drug-likeness (QED) is 0.151. The molecule has 168 valence electrons. The lowest BCUT2D eigenvalue weighted by atomic mass is 10.1. The summed E-state index contributed by atoms with van der Waals surface area (Å²) in [6.45, 7) is 17.8. The van der Waals surface area contributed by atoms with Crippen molar-refractivity contribution in [1.29, 1.82) is 0 Å². The van der Waals surface area contributed by atoms with E-state index in [9.17, 15) is 5.11 Å². The van der Waals surface area contributed by atoms with Crippen molar-refractivity contribution in [1.82, 2.24) is 20.4 Å². The highest BCUT2D eigenvalue weighted by atomic mass is 127. The number of hydrogen-bond acceptors (Lipinski definition) is 5. The normalized spacial score (nSPS) is 17.9. The van der Waals surface area contributed by atoms with E-state index in [-0.39, 0.29) is 24.0 Å². The summed E-state index contributed by atoms with van der Waals surface area (Å²) in [6.07, 6.45) is 3.50. The molecule has 0 aliphatic carbocycles. The maximum Gasteiger partial charge on any atom is 0.191 e. The lowest BCUT2D eigenvalue weighted by Gasteiger charge is -2.33. The summed E-state index contributed by atoms with van der Waals surface area (Å²) in [5.41, 5.74) is -0.835. The van der Waals surface area contributed by atoms with Crippen LogP contribution >= 0.6 is 24.0 Å². The van der Waals surface area contributed by atoms with Gasteiger partial charge in [-0.15, -0.1) is 24.0 Å². The summed E-state index contributed by atoms with van der Waals surface area (Å²) in [7, 11) is 0. The molecular weight excluding hydrogens is 469 g/mol. The number of guanidine groups is 1. The van der Waals surface area contributed by atoms with Crippen LogP contribution in [-0.4, -0.2) is 98.6 Å². The second-order valence-corrected chi connectivity index (χ2v) is 7.70. The van der Waals surface area contributed by atoms with E-state index in [0.717, 1.165) is 58.3 Å². The van der Waals surface area contributed by atoms with Crippen LogP contribution < -0.4 is 10.6 Å². The highest BCUT2D eigenvalue weighted by molar-refractivity contribution is 14.0. The minimum absolute atomic E-state index is 0. The van der Waals surface area contributed by atoms with Gasteiger partial charge in [0.1, 0.15) is 0 Å². The van der Waals surface area contributed by atoms with Gasteiger partial charge in [-0.2, -0.15) is 0 Å². The van der Waals surface area contributed by atoms with Crippen LogP contribution in [0, 0.1) is 0 Å². The molecule has 1 aliphatic heterocycles. The average molecular weight is 514 g/mol. The predicted octanol–water partition coefficient (Wildman–Crippen LogP) is 1.75. The van der Waals surface area contributed by atoms with Gasteiger partial charge in [0.2, 0.25) is 0 Å². The molecule has 0 spiro atoms. The van der Waals surface area contributed by atoms with Crippen LogP contribution in [0.1, 0.15) is 47.0 Å². The van der Waals surface area contributed by atoms with E-state index < -0.39 is 5.60 Å². The van der Waals surface area contributed by atoms with Crippen LogP contribution in [-0.2, 0) is 4.74 Å². The molecule has 7 nitrogen and oxygen atoms in total. The molecule has 3 N–H and O–H groups in total. The Bertz CT molecular complexity index is 398. The first-order valence-electron chi connectivity index (χ1n) is 10.8. The molecule has 1 atom stereocenters. The largest absolute Gasteiger partial charge is 0.387 e. The van der Waals surface area contributed by atoms with Crippen LogP contribution in [0.5, 0.6) is 0 Å². The monoisotopic (exact) mass is 513 g/mol. The minimum Gasteiger partial charge on any atom is -0.387 e. The molecule has 0 saturated carbocycles. The van der Waals surface area contributed by atoms with E-state index in [2.05, 4.69) is 46.2 Å². The van der Waals surface area contributed by atoms with Gasteiger partial charge in [-0.05, 0) is 52.7 Å². The molecule has 28 heavy (non-hydrogen) atoms. The highest BCUT2D eigenvalue weighted by Gasteiger charge is 2.25. The fourth-order valence-corrected chi connectivity index (χ4v) is 3.36. The summed E-state index contributed by atoms with van der Waals surface area (Å²) >= 11 is 0. The van der Waals surface area contributed by atoms with Gasteiger partial charge >= 0.3 is 0 Å². The SMILES string of the molecule is CCCN(CCC)CCCNC(=NCC(C)(O)CN1CCOCC1)NCC.I. The van der Waals surface area contributed by atoms with Crippen LogP contribution in [0.4, 0.5) is 0 Å². The van der Waals surface area contributed by atoms with Crippen molar-refractivity contribution in [2.24, 2.45) is 4.99 Å². The van der Waals surface area contributed by atoms with Crippen molar-refractivity contribution in [3.8, 4) is 0 Å². The average Bonchev–Trinajstić information content (AvgIpc) is 2.64. The van der Waals surface area contributed by atoms with Crippen molar-refractivity contribution < 1.29 is 9.84 Å². The van der Waals surface area contributed by atoms with E-state index in [1.807, 2.05) is 6.92 Å². The minimum atomic E-state index is -0.835. The van der Waals surface area contributed by atoms with E-state index in [1.54, 1.807) is 0 Å². The molecule has 1 unspecified atom stereocenters. The summed E-state index contributed by atoms with van der Waals surface area (Å²) in [5, 5.41) is 17.4. The first-order valence-corrected chi connectivity index (χ1v) is 10.8. The molecule has 1 aliphatic rings. The number of morpholine rings is 1. The van der Waals surface area contributed by atoms with Gasteiger partial charge in [-0.3, -0.25) is 9.89 Å². The molecule has 0 aromatic carbocycles. The van der Waals surface area contributed by atoms with Gasteiger partial charge in [0.05, 0.1) is 25.4 Å². The maximum absolute atomic E-state index is 10.7. The summed E-state index contributed by atoms with van der Waals surface area (Å²) in [6, 6.07) is 0. The first-order chi connectivity index (χ1) is 13.0. The topological polar surface area (TPSA) is 72.4 Å². The van der Waals surface area contributed by atoms with Gasteiger partial charge in [0.25, 0.3) is 0 Å². The Hall–Kier alpha value is -0.160. The molecular formula is C20H44IN5O2. The van der Waals surface area contributed by atoms with Crippen molar-refractivity contribution in [3.63, 3.8) is 0 Å². The highest BCUT2D eigenvalue weighted by Crippen LogP contribution is 2.09. The van der Waals surface area contributed by atoms with Crippen molar-refractivity contribution in [2.75, 3.05) is 72.1 Å². The summed E-state index contributed by atoms with van der Waals surface area (Å²) in [4.78, 5) is 9.38. The van der Waals surface area contributed by atoms with Crippen LogP contribution in [0.15, 0.2) is 4.99 Å². The Morgan fingerprint density at radius 1 is 1.11 bits per heavy atom. The summed E-state index contributed by atoms with van der Waals surface area (Å²) < 4.78 is 5.37. The molecule has 1 saturated heterocycles. The van der Waals surface area contributed by atoms with Crippen molar-refractivity contribution >= 4 is 29.9 Å². The zero-order chi connectivity index (χ0) is 20.0. The molecule has 0 aromatic heterocycles. The van der Waals surface area contributed by atoms with Gasteiger partial charge in [0.15, 0.2) is 5.96 Å². The van der Waals surface area contributed by atoms with E-state index in [4.69, 9.17) is 4.74 Å².